The van der Waals surface area contributed by atoms with Gasteiger partial charge in [-0.05, 0) is 26.9 Å². The average Bonchev–Trinajstić information content (AvgIpc) is 2.35. The second-order valence-corrected chi connectivity index (χ2v) is 5.03. The van der Waals surface area contributed by atoms with Crippen LogP contribution in [0.25, 0.3) is 0 Å². The van der Waals surface area contributed by atoms with Gasteiger partial charge < -0.3 is 9.05 Å². The topological polar surface area (TPSA) is 71.6 Å². The summed E-state index contributed by atoms with van der Waals surface area (Å²) in [5, 5.41) is 2.94. The first-order valence-corrected chi connectivity index (χ1v) is 6.98. The molecule has 0 aliphatic heterocycles. The summed E-state index contributed by atoms with van der Waals surface area (Å²) in [4.78, 5) is 11.3. The van der Waals surface area contributed by atoms with Gasteiger partial charge in [-0.3, -0.25) is 20.7 Å². The van der Waals surface area contributed by atoms with Gasteiger partial charge in [0, 0.05) is 13.5 Å². The van der Waals surface area contributed by atoms with Gasteiger partial charge in [-0.1, -0.05) is 6.42 Å². The SMILES string of the molecule is CNNCC(=O)CCCCCOP(NC)OC. The Morgan fingerprint density at radius 3 is 2.59 bits per heavy atom. The number of hydrogen-bond acceptors (Lipinski definition) is 6. The summed E-state index contributed by atoms with van der Waals surface area (Å²) in [6, 6.07) is 0. The molecule has 1 atom stereocenters. The molecule has 0 aromatic rings. The monoisotopic (exact) mass is 265 g/mol. The molecule has 0 rings (SSSR count). The van der Waals surface area contributed by atoms with Crippen LogP contribution in [-0.2, 0) is 13.8 Å². The van der Waals surface area contributed by atoms with Crippen molar-refractivity contribution in [1.82, 2.24) is 15.9 Å². The molecule has 0 heterocycles. The molecule has 0 aliphatic rings. The fourth-order valence-electron chi connectivity index (χ4n) is 1.23. The summed E-state index contributed by atoms with van der Waals surface area (Å²) in [6.45, 7) is 1.06. The quantitative estimate of drug-likeness (QED) is 0.277. The van der Waals surface area contributed by atoms with Gasteiger partial charge in [-0.25, -0.2) is 0 Å². The second kappa shape index (κ2) is 12.4. The molecule has 3 N–H and O–H groups in total. The molecular weight excluding hydrogens is 241 g/mol. The summed E-state index contributed by atoms with van der Waals surface area (Å²) >= 11 is 0. The number of Topliss-reactive ketones (excluding diaryl/α,β-unsaturated/α-hetero) is 1. The van der Waals surface area contributed by atoms with Gasteiger partial charge in [0.2, 0.25) is 0 Å². The van der Waals surface area contributed by atoms with Crippen molar-refractivity contribution >= 4 is 14.3 Å². The molecule has 0 amide bonds. The van der Waals surface area contributed by atoms with Crippen LogP contribution in [0, 0.1) is 0 Å². The standard InChI is InChI=1S/C10H24N3O3P/c1-11-13-9-10(14)7-5-4-6-8-16-17(12-2)15-3/h11-13H,4-9H2,1-3H3. The lowest BCUT2D eigenvalue weighted by Crippen LogP contribution is -2.32. The van der Waals surface area contributed by atoms with Crippen molar-refractivity contribution in [3.05, 3.63) is 0 Å². The predicted octanol–water partition coefficient (Wildman–Crippen LogP) is 0.949. The van der Waals surface area contributed by atoms with Crippen LogP contribution in [0.1, 0.15) is 25.7 Å². The Morgan fingerprint density at radius 1 is 1.24 bits per heavy atom. The fourth-order valence-corrected chi connectivity index (χ4v) is 1.94. The molecule has 0 spiro atoms. The molecular formula is C10H24N3O3P. The van der Waals surface area contributed by atoms with E-state index < -0.39 is 8.53 Å². The van der Waals surface area contributed by atoms with E-state index >= 15 is 0 Å². The van der Waals surface area contributed by atoms with E-state index in [2.05, 4.69) is 15.9 Å². The smallest absolute Gasteiger partial charge is 0.255 e. The first-order valence-electron chi connectivity index (χ1n) is 5.80. The molecule has 7 heteroatoms. The Morgan fingerprint density at radius 2 is 2.00 bits per heavy atom. The van der Waals surface area contributed by atoms with Crippen LogP contribution in [0.5, 0.6) is 0 Å². The summed E-state index contributed by atoms with van der Waals surface area (Å²) < 4.78 is 10.5. The molecule has 102 valence electrons. The van der Waals surface area contributed by atoms with Crippen molar-refractivity contribution in [3.63, 3.8) is 0 Å². The minimum absolute atomic E-state index is 0.231. The maximum absolute atomic E-state index is 11.3. The third-order valence-electron chi connectivity index (χ3n) is 2.12. The number of ketones is 1. The van der Waals surface area contributed by atoms with Gasteiger partial charge in [-0.15, -0.1) is 0 Å². The maximum Gasteiger partial charge on any atom is 0.255 e. The van der Waals surface area contributed by atoms with E-state index in [0.29, 0.717) is 19.6 Å². The van der Waals surface area contributed by atoms with Gasteiger partial charge in [0.1, 0.15) is 5.78 Å². The Labute approximate surface area is 105 Å². The molecule has 0 saturated heterocycles. The van der Waals surface area contributed by atoms with Crippen LogP contribution in [0.2, 0.25) is 0 Å². The van der Waals surface area contributed by atoms with Crippen molar-refractivity contribution in [2.75, 3.05) is 34.4 Å². The molecule has 0 fully saturated rings. The second-order valence-electron chi connectivity index (χ2n) is 3.45. The van der Waals surface area contributed by atoms with E-state index in [1.807, 2.05) is 7.05 Å². The Bertz CT molecular complexity index is 192. The number of carbonyl (C=O) groups excluding carboxylic acids is 1. The molecule has 17 heavy (non-hydrogen) atoms. The van der Waals surface area contributed by atoms with E-state index in [9.17, 15) is 4.79 Å². The normalized spacial score (nSPS) is 12.6. The highest BCUT2D eigenvalue weighted by atomic mass is 31.2. The zero-order valence-corrected chi connectivity index (χ0v) is 11.8. The average molecular weight is 265 g/mol. The summed E-state index contributed by atoms with van der Waals surface area (Å²) in [5.41, 5.74) is 5.51. The first kappa shape index (κ1) is 16.9. The summed E-state index contributed by atoms with van der Waals surface area (Å²) in [6.07, 6.45) is 3.50. The van der Waals surface area contributed by atoms with Gasteiger partial charge in [0.25, 0.3) is 8.53 Å². The third kappa shape index (κ3) is 10.8. The number of hydrazine groups is 1. The lowest BCUT2D eigenvalue weighted by Gasteiger charge is -2.12. The van der Waals surface area contributed by atoms with E-state index in [1.54, 1.807) is 14.2 Å². The molecule has 0 saturated carbocycles. The van der Waals surface area contributed by atoms with Crippen LogP contribution in [0.4, 0.5) is 0 Å². The fraction of sp³-hybridized carbons (Fsp3) is 0.900. The van der Waals surface area contributed by atoms with Crippen LogP contribution in [-0.4, -0.2) is 40.1 Å². The van der Waals surface area contributed by atoms with Crippen molar-refractivity contribution in [2.45, 2.75) is 25.7 Å². The zero-order chi connectivity index (χ0) is 12.9. The van der Waals surface area contributed by atoms with Gasteiger partial charge in [0.05, 0.1) is 13.2 Å². The van der Waals surface area contributed by atoms with Crippen molar-refractivity contribution in [1.29, 1.82) is 0 Å². The van der Waals surface area contributed by atoms with E-state index in [1.165, 1.54) is 0 Å². The highest BCUT2D eigenvalue weighted by Gasteiger charge is 2.04. The highest BCUT2D eigenvalue weighted by Crippen LogP contribution is 2.30. The van der Waals surface area contributed by atoms with Crippen molar-refractivity contribution < 1.29 is 13.8 Å². The lowest BCUT2D eigenvalue weighted by molar-refractivity contribution is -0.118. The summed E-state index contributed by atoms with van der Waals surface area (Å²) in [7, 11) is 4.25. The predicted molar refractivity (Wildman–Crippen MR) is 69.5 cm³/mol. The van der Waals surface area contributed by atoms with Crippen LogP contribution < -0.4 is 15.9 Å². The van der Waals surface area contributed by atoms with Gasteiger partial charge in [0.15, 0.2) is 0 Å². The zero-order valence-electron chi connectivity index (χ0n) is 10.9. The number of rotatable bonds is 12. The molecule has 0 aliphatic carbocycles. The molecule has 1 unspecified atom stereocenters. The minimum Gasteiger partial charge on any atom is -0.325 e. The highest BCUT2D eigenvalue weighted by molar-refractivity contribution is 7.44. The van der Waals surface area contributed by atoms with E-state index in [0.717, 1.165) is 19.3 Å². The van der Waals surface area contributed by atoms with Crippen LogP contribution in [0.15, 0.2) is 0 Å². The summed E-state index contributed by atoms with van der Waals surface area (Å²) in [5.74, 6) is 0.231. The Balaban J connectivity index is 3.25. The lowest BCUT2D eigenvalue weighted by atomic mass is 10.1. The Kier molecular flexibility index (Phi) is 12.3. The number of hydrogen-bond donors (Lipinski definition) is 3. The third-order valence-corrected chi connectivity index (χ3v) is 3.23. The van der Waals surface area contributed by atoms with Gasteiger partial charge in [-0.2, -0.15) is 0 Å². The maximum atomic E-state index is 11.3. The molecule has 0 aromatic heterocycles. The largest absolute Gasteiger partial charge is 0.325 e. The molecule has 0 radical (unpaired) electrons. The van der Waals surface area contributed by atoms with Crippen LogP contribution in [0.3, 0.4) is 0 Å². The van der Waals surface area contributed by atoms with Crippen LogP contribution >= 0.6 is 8.53 Å². The van der Waals surface area contributed by atoms with Crippen molar-refractivity contribution in [2.24, 2.45) is 0 Å². The molecule has 0 bridgehead atoms. The molecule has 6 nitrogen and oxygen atoms in total. The molecule has 0 aromatic carbocycles. The van der Waals surface area contributed by atoms with E-state index in [-0.39, 0.29) is 5.78 Å². The van der Waals surface area contributed by atoms with Crippen molar-refractivity contribution in [3.8, 4) is 0 Å². The van der Waals surface area contributed by atoms with Gasteiger partial charge >= 0.3 is 0 Å². The minimum atomic E-state index is -0.933. The first-order chi connectivity index (χ1) is 8.24. The number of nitrogens with one attached hydrogen (secondary N) is 3. The number of unbranched alkanes of at least 4 members (excludes halogenated alkanes) is 2. The number of carbonyl (C=O) groups is 1. The Hall–Kier alpha value is -0.100. The van der Waals surface area contributed by atoms with E-state index in [4.69, 9.17) is 9.05 Å².